The minimum atomic E-state index is -0.931. The van der Waals surface area contributed by atoms with Crippen molar-refractivity contribution in [1.29, 1.82) is 0 Å². The van der Waals surface area contributed by atoms with Gasteiger partial charge in [0, 0.05) is 12.1 Å². The zero-order chi connectivity index (χ0) is 33.3. The van der Waals surface area contributed by atoms with Gasteiger partial charge in [-0.15, -0.1) is 0 Å². The Morgan fingerprint density at radius 1 is 0.826 bits per heavy atom. The molecule has 246 valence electrons. The molecule has 1 unspecified atom stereocenters. The van der Waals surface area contributed by atoms with Gasteiger partial charge in [-0.3, -0.25) is 4.79 Å². The summed E-state index contributed by atoms with van der Waals surface area (Å²) in [7, 11) is 0. The molecule has 0 radical (unpaired) electrons. The van der Waals surface area contributed by atoms with Crippen LogP contribution in [0.1, 0.15) is 104 Å². The largest absolute Gasteiger partial charge is 0.481 e. The number of aromatic carboxylic acids is 1. The number of nitrogen functional groups attached to an aromatic ring is 1. The summed E-state index contributed by atoms with van der Waals surface area (Å²) in [6.45, 7) is 6.76. The Morgan fingerprint density at radius 3 is 2.20 bits per heavy atom. The number of aryl methyl sites for hydroxylation is 2. The first-order valence-corrected chi connectivity index (χ1v) is 16.5. The van der Waals surface area contributed by atoms with Crippen LogP contribution in [0.25, 0.3) is 0 Å². The average molecular weight is 626 g/mol. The molecule has 2 atom stereocenters. The first-order valence-electron chi connectivity index (χ1n) is 16.5. The van der Waals surface area contributed by atoms with Crippen LogP contribution in [0, 0.1) is 12.8 Å². The average Bonchev–Trinajstić information content (AvgIpc) is 3.04. The molecule has 0 bridgehead atoms. The Bertz CT molecular complexity index is 1440. The molecule has 3 rings (SSSR count). The second-order valence-corrected chi connectivity index (χ2v) is 12.6. The predicted octanol–water partition coefficient (Wildman–Crippen LogP) is 9.53. The molecule has 46 heavy (non-hydrogen) atoms. The van der Waals surface area contributed by atoms with E-state index in [1.165, 1.54) is 11.1 Å². The summed E-state index contributed by atoms with van der Waals surface area (Å²) in [4.78, 5) is 22.3. The molecular formula is C40H51NO5. The lowest BCUT2D eigenvalue weighted by Gasteiger charge is -2.25. The van der Waals surface area contributed by atoms with Crippen molar-refractivity contribution in [1.82, 2.24) is 0 Å². The van der Waals surface area contributed by atoms with Crippen LogP contribution in [0.3, 0.4) is 0 Å². The first kappa shape index (κ1) is 36.3. The summed E-state index contributed by atoms with van der Waals surface area (Å²) in [5, 5.41) is 18.3. The molecule has 6 nitrogen and oxygen atoms in total. The van der Waals surface area contributed by atoms with Gasteiger partial charge in [-0.1, -0.05) is 98.0 Å². The Kier molecular flexibility index (Phi) is 15.3. The van der Waals surface area contributed by atoms with Gasteiger partial charge in [-0.25, -0.2) is 4.79 Å². The van der Waals surface area contributed by atoms with E-state index in [-0.39, 0.29) is 24.0 Å². The van der Waals surface area contributed by atoms with Gasteiger partial charge in [-0.2, -0.15) is 0 Å². The van der Waals surface area contributed by atoms with Gasteiger partial charge < -0.3 is 20.7 Å². The molecule has 0 spiro atoms. The fourth-order valence-electron chi connectivity index (χ4n) is 5.58. The fraction of sp³-hybridized carbons (Fsp3) is 0.400. The zero-order valence-electron chi connectivity index (χ0n) is 27.7. The van der Waals surface area contributed by atoms with Gasteiger partial charge in [0.05, 0.1) is 18.3 Å². The van der Waals surface area contributed by atoms with Crippen molar-refractivity contribution in [2.24, 2.45) is 5.92 Å². The highest BCUT2D eigenvalue weighted by atomic mass is 16.5. The van der Waals surface area contributed by atoms with Gasteiger partial charge in [0.25, 0.3) is 0 Å². The number of carboxylic acids is 2. The van der Waals surface area contributed by atoms with Crippen LogP contribution < -0.4 is 5.73 Å². The quantitative estimate of drug-likeness (QED) is 0.0655. The highest BCUT2D eigenvalue weighted by Crippen LogP contribution is 2.32. The molecule has 3 aromatic carbocycles. The molecule has 0 saturated carbocycles. The molecule has 6 heteroatoms. The van der Waals surface area contributed by atoms with Crippen LogP contribution in [0.4, 0.5) is 5.69 Å². The molecule has 0 saturated heterocycles. The molecular weight excluding hydrogens is 574 g/mol. The summed E-state index contributed by atoms with van der Waals surface area (Å²) >= 11 is 0. The molecule has 0 amide bonds. The highest BCUT2D eigenvalue weighted by Gasteiger charge is 2.21. The number of benzene rings is 3. The number of nitrogens with two attached hydrogens (primary N) is 1. The van der Waals surface area contributed by atoms with E-state index in [4.69, 9.17) is 15.6 Å². The minimum absolute atomic E-state index is 0.162. The maximum Gasteiger partial charge on any atom is 0.335 e. The van der Waals surface area contributed by atoms with Gasteiger partial charge >= 0.3 is 11.9 Å². The topological polar surface area (TPSA) is 110 Å². The minimum Gasteiger partial charge on any atom is -0.481 e. The predicted molar refractivity (Wildman–Crippen MR) is 187 cm³/mol. The third kappa shape index (κ3) is 13.5. The summed E-state index contributed by atoms with van der Waals surface area (Å²) in [5.41, 5.74) is 14.4. The Morgan fingerprint density at radius 2 is 1.52 bits per heavy atom. The van der Waals surface area contributed by atoms with E-state index < -0.39 is 11.9 Å². The molecule has 0 aliphatic carbocycles. The third-order valence-electron chi connectivity index (χ3n) is 8.52. The van der Waals surface area contributed by atoms with Crippen LogP contribution in [0.2, 0.25) is 0 Å². The van der Waals surface area contributed by atoms with E-state index >= 15 is 0 Å². The summed E-state index contributed by atoms with van der Waals surface area (Å²) < 4.78 is 6.64. The monoisotopic (exact) mass is 625 g/mol. The number of allylic oxidation sites excluding steroid dienone is 3. The van der Waals surface area contributed by atoms with E-state index in [1.807, 2.05) is 37.3 Å². The number of rotatable bonds is 20. The van der Waals surface area contributed by atoms with Crippen molar-refractivity contribution < 1.29 is 24.5 Å². The standard InChI is InChI=1S/C40H51NO5/c1-29(17-19-32-11-8-6-9-12-32)15-16-30(2)28-46-38(36-22-18-31(3)37(41)27-36)26-34(13-7-4-5-10-14-39(42)43)25-33-20-23-35(24-21-33)40(44)45/h6,8-9,11-12,15-16,18,20-24,27,34,38H,4-5,7,10,13-14,17,19,25-26,28,41H2,1-3H3,(H,42,43)(H,44,45)/b29-15+,30-16+/t34?,38-/m0/s1. The normalized spacial score (nSPS) is 13.4. The Balaban J connectivity index is 1.72. The third-order valence-corrected chi connectivity index (χ3v) is 8.52. The van der Waals surface area contributed by atoms with E-state index in [1.54, 1.807) is 12.1 Å². The van der Waals surface area contributed by atoms with Gasteiger partial charge in [0.15, 0.2) is 0 Å². The van der Waals surface area contributed by atoms with Crippen LogP contribution in [0.15, 0.2) is 96.1 Å². The van der Waals surface area contributed by atoms with Crippen molar-refractivity contribution in [3.8, 4) is 0 Å². The van der Waals surface area contributed by atoms with Crippen molar-refractivity contribution in [2.75, 3.05) is 12.3 Å². The van der Waals surface area contributed by atoms with Crippen LogP contribution in [-0.4, -0.2) is 28.8 Å². The summed E-state index contributed by atoms with van der Waals surface area (Å²) in [6, 6.07) is 23.8. The summed E-state index contributed by atoms with van der Waals surface area (Å²) in [5.74, 6) is -1.39. The van der Waals surface area contributed by atoms with Crippen molar-refractivity contribution in [3.05, 3.63) is 124 Å². The van der Waals surface area contributed by atoms with Crippen molar-refractivity contribution >= 4 is 17.6 Å². The van der Waals surface area contributed by atoms with E-state index in [9.17, 15) is 14.7 Å². The Labute approximate surface area is 275 Å². The number of carboxylic acid groups (broad SMARTS) is 2. The second kappa shape index (κ2) is 19.4. The lowest BCUT2D eigenvalue weighted by molar-refractivity contribution is -0.137. The number of anilines is 1. The molecule has 0 aliphatic rings. The zero-order valence-corrected chi connectivity index (χ0v) is 27.7. The number of aliphatic carboxylic acids is 1. The van der Waals surface area contributed by atoms with Crippen molar-refractivity contribution in [3.63, 3.8) is 0 Å². The number of carbonyl (C=O) groups is 2. The number of unbranched alkanes of at least 4 members (excludes halogenated alkanes) is 3. The maximum absolute atomic E-state index is 11.4. The second-order valence-electron chi connectivity index (χ2n) is 12.6. The number of hydrogen-bond donors (Lipinski definition) is 3. The fourth-order valence-corrected chi connectivity index (χ4v) is 5.58. The lowest BCUT2D eigenvalue weighted by atomic mass is 9.86. The van der Waals surface area contributed by atoms with Gasteiger partial charge in [0.1, 0.15) is 0 Å². The van der Waals surface area contributed by atoms with E-state index in [0.29, 0.717) is 13.0 Å². The van der Waals surface area contributed by atoms with Crippen LogP contribution in [-0.2, 0) is 22.4 Å². The first-order chi connectivity index (χ1) is 22.1. The van der Waals surface area contributed by atoms with E-state index in [2.05, 4.69) is 56.3 Å². The smallest absolute Gasteiger partial charge is 0.335 e. The number of hydrogen-bond acceptors (Lipinski definition) is 4. The maximum atomic E-state index is 11.4. The molecule has 4 N–H and O–H groups in total. The van der Waals surface area contributed by atoms with Gasteiger partial charge in [0.2, 0.25) is 0 Å². The van der Waals surface area contributed by atoms with E-state index in [0.717, 1.165) is 79.3 Å². The van der Waals surface area contributed by atoms with Crippen LogP contribution in [0.5, 0.6) is 0 Å². The van der Waals surface area contributed by atoms with Crippen molar-refractivity contribution in [2.45, 2.75) is 91.1 Å². The number of ether oxygens (including phenoxy) is 1. The van der Waals surface area contributed by atoms with Gasteiger partial charge in [-0.05, 0) is 105 Å². The Hall–Kier alpha value is -4.16. The summed E-state index contributed by atoms with van der Waals surface area (Å²) in [6.07, 6.45) is 12.5. The molecule has 0 aliphatic heterocycles. The highest BCUT2D eigenvalue weighted by molar-refractivity contribution is 5.87. The molecule has 0 heterocycles. The lowest BCUT2D eigenvalue weighted by Crippen LogP contribution is -2.15. The van der Waals surface area contributed by atoms with Crippen LogP contribution >= 0.6 is 0 Å². The molecule has 0 fully saturated rings. The SMILES string of the molecule is C/C(=C\C=C(/C)CO[C@@H](CC(CCCCCCC(=O)O)Cc1ccc(C(=O)O)cc1)c1ccc(C)c(N)c1)CCc1ccccc1. The molecule has 0 aromatic heterocycles. The molecule has 3 aromatic rings.